The summed E-state index contributed by atoms with van der Waals surface area (Å²) in [7, 11) is 0. The van der Waals surface area contributed by atoms with Crippen LogP contribution in [0.4, 0.5) is 0 Å². The van der Waals surface area contributed by atoms with Crippen LogP contribution in [0.2, 0.25) is 0 Å². The third kappa shape index (κ3) is 4.28. The van der Waals surface area contributed by atoms with Gasteiger partial charge < -0.3 is 10.6 Å². The Balaban J connectivity index is 1.46. The van der Waals surface area contributed by atoms with Gasteiger partial charge in [0.15, 0.2) is 0 Å². The Bertz CT molecular complexity index is 458. The Kier molecular flexibility index (Phi) is 4.93. The third-order valence-electron chi connectivity index (χ3n) is 4.54. The van der Waals surface area contributed by atoms with Crippen molar-refractivity contribution in [2.24, 2.45) is 11.7 Å². The number of thiophene rings is 1. The molecule has 1 aliphatic heterocycles. The number of carbonyl (C=O) groups excluding carboxylic acids is 1. The average Bonchev–Trinajstić information content (AvgIpc) is 3.23. The highest BCUT2D eigenvalue weighted by Crippen LogP contribution is 2.33. The number of rotatable bonds is 5. The first kappa shape index (κ1) is 15.0. The first-order valence-electron chi connectivity index (χ1n) is 8.00. The summed E-state index contributed by atoms with van der Waals surface area (Å²) in [5.41, 5.74) is 6.09. The topological polar surface area (TPSA) is 49.6 Å². The summed E-state index contributed by atoms with van der Waals surface area (Å²) in [6, 6.07) is 4.38. The molecule has 4 nitrogen and oxygen atoms in total. The number of amides is 1. The molecule has 3 rings (SSSR count). The van der Waals surface area contributed by atoms with E-state index in [0.717, 1.165) is 39.1 Å². The predicted molar refractivity (Wildman–Crippen MR) is 86.1 cm³/mol. The zero-order valence-corrected chi connectivity index (χ0v) is 13.4. The molecule has 2 heterocycles. The number of nitrogens with zero attached hydrogens (tertiary/aromatic N) is 2. The highest BCUT2D eigenvalue weighted by atomic mass is 32.1. The van der Waals surface area contributed by atoms with Crippen molar-refractivity contribution in [3.8, 4) is 0 Å². The molecule has 2 fully saturated rings. The standard InChI is InChI=1S/C16H25N3OS/c17-15(13-4-5-13)11-16(20)19-7-2-6-18(8-9-19)12-14-3-1-10-21-14/h1,3,10,13,15H,2,4-9,11-12,17H2. The second-order valence-corrected chi connectivity index (χ2v) is 7.33. The monoisotopic (exact) mass is 307 g/mol. The van der Waals surface area contributed by atoms with Crippen molar-refractivity contribution in [1.82, 2.24) is 9.80 Å². The van der Waals surface area contributed by atoms with Gasteiger partial charge in [-0.05, 0) is 36.6 Å². The molecule has 1 amide bonds. The van der Waals surface area contributed by atoms with E-state index in [1.165, 1.54) is 17.7 Å². The lowest BCUT2D eigenvalue weighted by atomic mass is 10.1. The Morgan fingerprint density at radius 2 is 2.19 bits per heavy atom. The predicted octanol–water partition coefficient (Wildman–Crippen LogP) is 1.91. The van der Waals surface area contributed by atoms with E-state index in [9.17, 15) is 4.79 Å². The molecule has 1 saturated carbocycles. The summed E-state index contributed by atoms with van der Waals surface area (Å²) in [4.78, 5) is 18.2. The summed E-state index contributed by atoms with van der Waals surface area (Å²) < 4.78 is 0. The minimum absolute atomic E-state index is 0.0861. The molecule has 1 aromatic heterocycles. The van der Waals surface area contributed by atoms with Crippen LogP contribution in [0.5, 0.6) is 0 Å². The van der Waals surface area contributed by atoms with Gasteiger partial charge in [-0.1, -0.05) is 6.07 Å². The Morgan fingerprint density at radius 3 is 2.90 bits per heavy atom. The van der Waals surface area contributed by atoms with Crippen molar-refractivity contribution in [2.75, 3.05) is 26.2 Å². The summed E-state index contributed by atoms with van der Waals surface area (Å²) in [5, 5.41) is 2.13. The summed E-state index contributed by atoms with van der Waals surface area (Å²) >= 11 is 1.81. The molecule has 0 radical (unpaired) electrons. The summed E-state index contributed by atoms with van der Waals surface area (Å²) in [6.45, 7) is 4.80. The molecule has 2 aliphatic rings. The van der Waals surface area contributed by atoms with Crippen molar-refractivity contribution in [2.45, 2.75) is 38.3 Å². The average molecular weight is 307 g/mol. The van der Waals surface area contributed by atoms with E-state index in [1.54, 1.807) is 0 Å². The van der Waals surface area contributed by atoms with Gasteiger partial charge in [-0.3, -0.25) is 9.69 Å². The van der Waals surface area contributed by atoms with E-state index in [2.05, 4.69) is 22.4 Å². The maximum Gasteiger partial charge on any atom is 0.224 e. The molecule has 0 bridgehead atoms. The Morgan fingerprint density at radius 1 is 1.33 bits per heavy atom. The highest BCUT2D eigenvalue weighted by molar-refractivity contribution is 7.09. The van der Waals surface area contributed by atoms with Gasteiger partial charge in [-0.15, -0.1) is 11.3 Å². The quantitative estimate of drug-likeness (QED) is 0.904. The molecule has 0 aromatic carbocycles. The van der Waals surface area contributed by atoms with Crippen molar-refractivity contribution < 1.29 is 4.79 Å². The molecule has 1 aliphatic carbocycles. The van der Waals surface area contributed by atoms with Crippen LogP contribution < -0.4 is 5.73 Å². The van der Waals surface area contributed by atoms with Gasteiger partial charge in [-0.25, -0.2) is 0 Å². The number of hydrogen-bond acceptors (Lipinski definition) is 4. The molecule has 1 atom stereocenters. The van der Waals surface area contributed by atoms with E-state index in [0.29, 0.717) is 12.3 Å². The number of hydrogen-bond donors (Lipinski definition) is 1. The number of carbonyl (C=O) groups is 1. The maximum absolute atomic E-state index is 12.3. The van der Waals surface area contributed by atoms with Crippen LogP contribution in [0.1, 0.15) is 30.6 Å². The Labute approximate surface area is 130 Å². The van der Waals surface area contributed by atoms with Gasteiger partial charge in [0, 0.05) is 50.1 Å². The molecule has 1 unspecified atom stereocenters. The van der Waals surface area contributed by atoms with Gasteiger partial charge in [0.1, 0.15) is 0 Å². The van der Waals surface area contributed by atoms with Crippen LogP contribution >= 0.6 is 11.3 Å². The molecule has 1 aromatic rings. The lowest BCUT2D eigenvalue weighted by molar-refractivity contribution is -0.131. The molecule has 21 heavy (non-hydrogen) atoms. The second kappa shape index (κ2) is 6.90. The molecule has 5 heteroatoms. The van der Waals surface area contributed by atoms with E-state index in [-0.39, 0.29) is 11.9 Å². The second-order valence-electron chi connectivity index (χ2n) is 6.30. The highest BCUT2D eigenvalue weighted by Gasteiger charge is 2.31. The normalized spacial score (nSPS) is 22.0. The minimum Gasteiger partial charge on any atom is -0.341 e. The fourth-order valence-electron chi connectivity index (χ4n) is 3.02. The van der Waals surface area contributed by atoms with E-state index < -0.39 is 0 Å². The lowest BCUT2D eigenvalue weighted by Gasteiger charge is -2.23. The van der Waals surface area contributed by atoms with E-state index in [1.807, 2.05) is 16.2 Å². The minimum atomic E-state index is 0.0861. The zero-order valence-electron chi connectivity index (χ0n) is 12.5. The molecule has 2 N–H and O–H groups in total. The zero-order chi connectivity index (χ0) is 14.7. The fraction of sp³-hybridized carbons (Fsp3) is 0.688. The van der Waals surface area contributed by atoms with Crippen LogP contribution in [0.3, 0.4) is 0 Å². The first-order chi connectivity index (χ1) is 10.2. The van der Waals surface area contributed by atoms with Crippen LogP contribution in [-0.2, 0) is 11.3 Å². The van der Waals surface area contributed by atoms with Crippen LogP contribution in [0.15, 0.2) is 17.5 Å². The summed E-state index contributed by atoms with van der Waals surface area (Å²) in [5.74, 6) is 0.864. The van der Waals surface area contributed by atoms with Crippen molar-refractivity contribution in [3.05, 3.63) is 22.4 Å². The van der Waals surface area contributed by atoms with Crippen LogP contribution in [-0.4, -0.2) is 47.9 Å². The van der Waals surface area contributed by atoms with E-state index >= 15 is 0 Å². The summed E-state index contributed by atoms with van der Waals surface area (Å²) in [6.07, 6.45) is 4.03. The van der Waals surface area contributed by atoms with Crippen LogP contribution in [0.25, 0.3) is 0 Å². The molecule has 0 spiro atoms. The van der Waals surface area contributed by atoms with Gasteiger partial charge in [0.25, 0.3) is 0 Å². The molecular formula is C16H25N3OS. The van der Waals surface area contributed by atoms with E-state index in [4.69, 9.17) is 5.73 Å². The SMILES string of the molecule is NC(CC(=O)N1CCCN(Cc2cccs2)CC1)C1CC1. The van der Waals surface area contributed by atoms with Gasteiger partial charge in [-0.2, -0.15) is 0 Å². The van der Waals surface area contributed by atoms with Gasteiger partial charge >= 0.3 is 0 Å². The largest absolute Gasteiger partial charge is 0.341 e. The van der Waals surface area contributed by atoms with Gasteiger partial charge in [0.05, 0.1) is 0 Å². The van der Waals surface area contributed by atoms with Gasteiger partial charge in [0.2, 0.25) is 5.91 Å². The molecule has 1 saturated heterocycles. The van der Waals surface area contributed by atoms with Crippen molar-refractivity contribution in [3.63, 3.8) is 0 Å². The third-order valence-corrected chi connectivity index (χ3v) is 5.40. The van der Waals surface area contributed by atoms with Crippen molar-refractivity contribution in [1.29, 1.82) is 0 Å². The number of nitrogens with two attached hydrogens (primary N) is 1. The maximum atomic E-state index is 12.3. The molecule has 116 valence electrons. The van der Waals surface area contributed by atoms with Crippen LogP contribution in [0, 0.1) is 5.92 Å². The van der Waals surface area contributed by atoms with Crippen molar-refractivity contribution >= 4 is 17.2 Å². The Hall–Kier alpha value is -0.910. The first-order valence-corrected chi connectivity index (χ1v) is 8.88. The molecular weight excluding hydrogens is 282 g/mol. The smallest absolute Gasteiger partial charge is 0.224 e. The lowest BCUT2D eigenvalue weighted by Crippen LogP contribution is -2.39. The fourth-order valence-corrected chi connectivity index (χ4v) is 3.77.